The topological polar surface area (TPSA) is 34.0 Å². The SMILES string of the molecule is O=C1NCCn2cc(I)cc21. The van der Waals surface area contributed by atoms with Crippen LogP contribution in [0.4, 0.5) is 0 Å². The highest BCUT2D eigenvalue weighted by molar-refractivity contribution is 14.1. The third-order valence-electron chi connectivity index (χ3n) is 1.73. The predicted molar refractivity (Wildman–Crippen MR) is 49.5 cm³/mol. The molecule has 0 unspecified atom stereocenters. The lowest BCUT2D eigenvalue weighted by molar-refractivity contribution is 0.0928. The van der Waals surface area contributed by atoms with Gasteiger partial charge in [0.15, 0.2) is 0 Å². The lowest BCUT2D eigenvalue weighted by atomic mass is 10.3. The quantitative estimate of drug-likeness (QED) is 0.690. The summed E-state index contributed by atoms with van der Waals surface area (Å²) in [6.45, 7) is 1.64. The lowest BCUT2D eigenvalue weighted by Crippen LogP contribution is -2.34. The smallest absolute Gasteiger partial charge is 0.268 e. The molecule has 1 aromatic rings. The van der Waals surface area contributed by atoms with E-state index < -0.39 is 0 Å². The van der Waals surface area contributed by atoms with Gasteiger partial charge in [-0.15, -0.1) is 0 Å². The second kappa shape index (κ2) is 2.51. The maximum absolute atomic E-state index is 11.2. The summed E-state index contributed by atoms with van der Waals surface area (Å²) in [6.07, 6.45) is 1.99. The molecule has 0 spiro atoms. The van der Waals surface area contributed by atoms with E-state index >= 15 is 0 Å². The molecule has 1 amide bonds. The molecule has 1 N–H and O–H groups in total. The summed E-state index contributed by atoms with van der Waals surface area (Å²) >= 11 is 2.21. The molecule has 1 aliphatic rings. The van der Waals surface area contributed by atoms with E-state index in [9.17, 15) is 4.79 Å². The fourth-order valence-electron chi connectivity index (χ4n) is 1.23. The number of hydrogen-bond donors (Lipinski definition) is 1. The Morgan fingerprint density at radius 1 is 1.64 bits per heavy atom. The Hall–Kier alpha value is -0.520. The van der Waals surface area contributed by atoms with E-state index in [-0.39, 0.29) is 5.91 Å². The van der Waals surface area contributed by atoms with E-state index in [1.165, 1.54) is 0 Å². The zero-order chi connectivity index (χ0) is 7.84. The molecule has 3 nitrogen and oxygen atoms in total. The molecule has 0 fully saturated rings. The number of rotatable bonds is 0. The van der Waals surface area contributed by atoms with Gasteiger partial charge in [0.05, 0.1) is 0 Å². The van der Waals surface area contributed by atoms with E-state index in [1.807, 2.05) is 16.8 Å². The first-order chi connectivity index (χ1) is 5.27. The third-order valence-corrected chi connectivity index (χ3v) is 2.32. The largest absolute Gasteiger partial charge is 0.349 e. The van der Waals surface area contributed by atoms with Gasteiger partial charge < -0.3 is 9.88 Å². The van der Waals surface area contributed by atoms with Crippen LogP contribution >= 0.6 is 22.6 Å². The minimum Gasteiger partial charge on any atom is -0.349 e. The Balaban J connectivity index is 2.52. The highest BCUT2D eigenvalue weighted by Crippen LogP contribution is 2.12. The molecule has 4 heteroatoms. The van der Waals surface area contributed by atoms with Crippen LogP contribution in [0.25, 0.3) is 0 Å². The summed E-state index contributed by atoms with van der Waals surface area (Å²) in [6, 6.07) is 1.90. The van der Waals surface area contributed by atoms with Crippen LogP contribution in [-0.2, 0) is 6.54 Å². The van der Waals surface area contributed by atoms with Crippen molar-refractivity contribution in [3.8, 4) is 0 Å². The second-order valence-electron chi connectivity index (χ2n) is 2.49. The zero-order valence-electron chi connectivity index (χ0n) is 5.80. The lowest BCUT2D eigenvalue weighted by Gasteiger charge is -2.14. The summed E-state index contributed by atoms with van der Waals surface area (Å²) in [5.74, 6) is 0.0409. The predicted octanol–water partition coefficient (Wildman–Crippen LogP) is 0.836. The fourth-order valence-corrected chi connectivity index (χ4v) is 1.86. The molecular formula is C7H7IN2O. The molecule has 0 saturated carbocycles. The number of nitrogens with zero attached hydrogens (tertiary/aromatic N) is 1. The molecule has 11 heavy (non-hydrogen) atoms. The van der Waals surface area contributed by atoms with Crippen molar-refractivity contribution >= 4 is 28.5 Å². The fraction of sp³-hybridized carbons (Fsp3) is 0.286. The van der Waals surface area contributed by atoms with Gasteiger partial charge in [-0.05, 0) is 28.7 Å². The second-order valence-corrected chi connectivity index (χ2v) is 3.74. The maximum Gasteiger partial charge on any atom is 0.268 e. The van der Waals surface area contributed by atoms with E-state index in [0.29, 0.717) is 0 Å². The molecule has 58 valence electrons. The van der Waals surface area contributed by atoms with Crippen LogP contribution in [0.2, 0.25) is 0 Å². The van der Waals surface area contributed by atoms with Crippen LogP contribution in [0, 0.1) is 3.57 Å². The minimum atomic E-state index is 0.0409. The van der Waals surface area contributed by atoms with E-state index in [4.69, 9.17) is 0 Å². The van der Waals surface area contributed by atoms with Gasteiger partial charge in [0.1, 0.15) is 5.69 Å². The third kappa shape index (κ3) is 1.15. The number of fused-ring (bicyclic) bond motifs is 1. The van der Waals surface area contributed by atoms with Crippen LogP contribution in [0.1, 0.15) is 10.5 Å². The average molecular weight is 262 g/mol. The van der Waals surface area contributed by atoms with E-state index in [2.05, 4.69) is 27.9 Å². The first kappa shape index (κ1) is 7.15. The Morgan fingerprint density at radius 2 is 2.45 bits per heavy atom. The van der Waals surface area contributed by atoms with Gasteiger partial charge in [-0.1, -0.05) is 0 Å². The number of carbonyl (C=O) groups excluding carboxylic acids is 1. The Bertz CT molecular complexity index is 305. The molecule has 0 atom stereocenters. The van der Waals surface area contributed by atoms with Crippen molar-refractivity contribution in [2.75, 3.05) is 6.54 Å². The summed E-state index contributed by atoms with van der Waals surface area (Å²) in [5.41, 5.74) is 0.778. The summed E-state index contributed by atoms with van der Waals surface area (Å²) in [4.78, 5) is 11.2. The number of hydrogen-bond acceptors (Lipinski definition) is 1. The normalized spacial score (nSPS) is 15.9. The van der Waals surface area contributed by atoms with Crippen molar-refractivity contribution in [3.63, 3.8) is 0 Å². The van der Waals surface area contributed by atoms with Crippen LogP contribution in [0.15, 0.2) is 12.3 Å². The number of aromatic nitrogens is 1. The Kier molecular flexibility index (Phi) is 1.63. The summed E-state index contributed by atoms with van der Waals surface area (Å²) in [5, 5.41) is 2.79. The molecule has 1 aromatic heterocycles. The minimum absolute atomic E-state index is 0.0409. The van der Waals surface area contributed by atoms with Gasteiger partial charge in [-0.2, -0.15) is 0 Å². The van der Waals surface area contributed by atoms with Crippen molar-refractivity contribution in [3.05, 3.63) is 21.5 Å². The van der Waals surface area contributed by atoms with Gasteiger partial charge >= 0.3 is 0 Å². The Morgan fingerprint density at radius 3 is 3.18 bits per heavy atom. The molecule has 0 aliphatic carbocycles. The van der Waals surface area contributed by atoms with Gasteiger partial charge in [0.25, 0.3) is 5.91 Å². The van der Waals surface area contributed by atoms with Crippen molar-refractivity contribution < 1.29 is 4.79 Å². The first-order valence-corrected chi connectivity index (χ1v) is 4.49. The molecule has 2 rings (SSSR count). The standard InChI is InChI=1S/C7H7IN2O/c8-5-3-6-7(11)9-1-2-10(6)4-5/h3-4H,1-2H2,(H,9,11). The molecule has 0 saturated heterocycles. The Labute approximate surface area is 77.9 Å². The van der Waals surface area contributed by atoms with Gasteiger partial charge in [0.2, 0.25) is 0 Å². The number of carbonyl (C=O) groups is 1. The number of amides is 1. The highest BCUT2D eigenvalue weighted by atomic mass is 127. The van der Waals surface area contributed by atoms with Crippen LogP contribution in [0.3, 0.4) is 0 Å². The summed E-state index contributed by atoms with van der Waals surface area (Å²) in [7, 11) is 0. The van der Waals surface area contributed by atoms with Crippen molar-refractivity contribution in [1.29, 1.82) is 0 Å². The van der Waals surface area contributed by atoms with Crippen LogP contribution in [0.5, 0.6) is 0 Å². The van der Waals surface area contributed by atoms with E-state index in [1.54, 1.807) is 0 Å². The van der Waals surface area contributed by atoms with Crippen molar-refractivity contribution in [2.24, 2.45) is 0 Å². The van der Waals surface area contributed by atoms with Crippen molar-refractivity contribution in [2.45, 2.75) is 6.54 Å². The van der Waals surface area contributed by atoms with Gasteiger partial charge in [-0.3, -0.25) is 4.79 Å². The molecule has 1 aliphatic heterocycles. The summed E-state index contributed by atoms with van der Waals surface area (Å²) < 4.78 is 3.11. The zero-order valence-corrected chi connectivity index (χ0v) is 7.96. The maximum atomic E-state index is 11.2. The molecule has 2 heterocycles. The van der Waals surface area contributed by atoms with Crippen LogP contribution < -0.4 is 5.32 Å². The van der Waals surface area contributed by atoms with E-state index in [0.717, 1.165) is 22.4 Å². The highest BCUT2D eigenvalue weighted by Gasteiger charge is 2.16. The number of nitrogens with one attached hydrogen (secondary N) is 1. The molecular weight excluding hydrogens is 255 g/mol. The van der Waals surface area contributed by atoms with Crippen LogP contribution in [-0.4, -0.2) is 17.0 Å². The number of halogens is 1. The van der Waals surface area contributed by atoms with Crippen molar-refractivity contribution in [1.82, 2.24) is 9.88 Å². The van der Waals surface area contributed by atoms with Gasteiger partial charge in [-0.25, -0.2) is 0 Å². The average Bonchev–Trinajstić information content (AvgIpc) is 2.31. The molecule has 0 bridgehead atoms. The first-order valence-electron chi connectivity index (χ1n) is 3.41. The molecule has 0 radical (unpaired) electrons. The van der Waals surface area contributed by atoms with Gasteiger partial charge in [0, 0.05) is 22.9 Å². The molecule has 0 aromatic carbocycles. The monoisotopic (exact) mass is 262 g/mol.